The van der Waals surface area contributed by atoms with Gasteiger partial charge in [0.1, 0.15) is 11.5 Å². The van der Waals surface area contributed by atoms with Gasteiger partial charge in [-0.3, -0.25) is 14.3 Å². The first kappa shape index (κ1) is 19.8. The number of anilines is 1. The van der Waals surface area contributed by atoms with Crippen molar-refractivity contribution in [3.63, 3.8) is 0 Å². The van der Waals surface area contributed by atoms with Crippen LogP contribution in [0.15, 0.2) is 54.6 Å². The Morgan fingerprint density at radius 3 is 2.47 bits per heavy atom. The van der Waals surface area contributed by atoms with Gasteiger partial charge in [0.25, 0.3) is 11.8 Å². The van der Waals surface area contributed by atoms with E-state index in [1.54, 1.807) is 21.7 Å². The van der Waals surface area contributed by atoms with Gasteiger partial charge in [-0.1, -0.05) is 38.1 Å². The summed E-state index contributed by atoms with van der Waals surface area (Å²) in [6.07, 6.45) is 0. The summed E-state index contributed by atoms with van der Waals surface area (Å²) in [6.45, 7) is 5.58. The standard InChI is InChI=1S/C23H23FN4O2/c1-15(2)17-5-9-19(10-6-17)25-22(29)20-13-21-23(30)27(11-12-28(21)26-20)14-16-3-7-18(24)8-4-16/h3-10,13,15H,11-12,14H2,1-2H3,(H,25,29). The molecule has 0 radical (unpaired) electrons. The zero-order valence-corrected chi connectivity index (χ0v) is 16.9. The number of nitrogens with zero attached hydrogens (tertiary/aromatic N) is 3. The van der Waals surface area contributed by atoms with Crippen LogP contribution in [-0.4, -0.2) is 33.0 Å². The van der Waals surface area contributed by atoms with Crippen molar-refractivity contribution in [3.05, 3.63) is 82.9 Å². The van der Waals surface area contributed by atoms with Gasteiger partial charge < -0.3 is 10.2 Å². The van der Waals surface area contributed by atoms with E-state index in [-0.39, 0.29) is 23.3 Å². The van der Waals surface area contributed by atoms with E-state index in [0.717, 1.165) is 5.56 Å². The van der Waals surface area contributed by atoms with Gasteiger partial charge in [-0.15, -0.1) is 0 Å². The van der Waals surface area contributed by atoms with Crippen LogP contribution in [0.1, 0.15) is 51.9 Å². The van der Waals surface area contributed by atoms with E-state index in [0.29, 0.717) is 36.9 Å². The van der Waals surface area contributed by atoms with Crippen LogP contribution in [0.3, 0.4) is 0 Å². The van der Waals surface area contributed by atoms with Crippen molar-refractivity contribution in [1.82, 2.24) is 14.7 Å². The van der Waals surface area contributed by atoms with Gasteiger partial charge in [0, 0.05) is 24.8 Å². The average molecular weight is 406 g/mol. The highest BCUT2D eigenvalue weighted by atomic mass is 19.1. The van der Waals surface area contributed by atoms with Crippen molar-refractivity contribution < 1.29 is 14.0 Å². The van der Waals surface area contributed by atoms with Gasteiger partial charge in [-0.2, -0.15) is 5.10 Å². The van der Waals surface area contributed by atoms with E-state index in [9.17, 15) is 14.0 Å². The maximum Gasteiger partial charge on any atom is 0.276 e. The Labute approximate surface area is 174 Å². The topological polar surface area (TPSA) is 67.2 Å². The van der Waals surface area contributed by atoms with Crippen LogP contribution in [0, 0.1) is 5.82 Å². The first-order valence-corrected chi connectivity index (χ1v) is 9.93. The van der Waals surface area contributed by atoms with Gasteiger partial charge in [0.05, 0.1) is 6.54 Å². The molecule has 154 valence electrons. The molecule has 2 amide bonds. The Bertz CT molecular complexity index is 1070. The molecule has 0 atom stereocenters. The van der Waals surface area contributed by atoms with Crippen LogP contribution in [0.25, 0.3) is 0 Å². The first-order chi connectivity index (χ1) is 14.4. The molecule has 3 aromatic rings. The summed E-state index contributed by atoms with van der Waals surface area (Å²) in [5.74, 6) is -0.444. The number of benzene rings is 2. The monoisotopic (exact) mass is 406 g/mol. The van der Waals surface area contributed by atoms with Gasteiger partial charge in [0.15, 0.2) is 5.69 Å². The van der Waals surface area contributed by atoms with E-state index < -0.39 is 0 Å². The minimum atomic E-state index is -0.355. The molecule has 0 aliphatic carbocycles. The largest absolute Gasteiger partial charge is 0.331 e. The van der Waals surface area contributed by atoms with Crippen LogP contribution >= 0.6 is 0 Å². The third kappa shape index (κ3) is 4.10. The lowest BCUT2D eigenvalue weighted by Gasteiger charge is -2.27. The second kappa shape index (κ2) is 8.10. The minimum Gasteiger partial charge on any atom is -0.331 e. The first-order valence-electron chi connectivity index (χ1n) is 9.93. The summed E-state index contributed by atoms with van der Waals surface area (Å²) in [5, 5.41) is 7.13. The summed E-state index contributed by atoms with van der Waals surface area (Å²) < 4.78 is 14.7. The average Bonchev–Trinajstić information content (AvgIpc) is 3.17. The predicted octanol–water partition coefficient (Wildman–Crippen LogP) is 4.05. The van der Waals surface area contributed by atoms with Crippen molar-refractivity contribution in [2.45, 2.75) is 32.9 Å². The Morgan fingerprint density at radius 2 is 1.80 bits per heavy atom. The van der Waals surface area contributed by atoms with Crippen molar-refractivity contribution in [1.29, 1.82) is 0 Å². The SMILES string of the molecule is CC(C)c1ccc(NC(=O)c2cc3n(n2)CCN(Cc2ccc(F)cc2)C3=O)cc1. The summed E-state index contributed by atoms with van der Waals surface area (Å²) in [4.78, 5) is 27.1. The second-order valence-electron chi connectivity index (χ2n) is 7.72. The number of rotatable bonds is 5. The number of nitrogens with one attached hydrogen (secondary N) is 1. The molecule has 1 N–H and O–H groups in total. The summed E-state index contributed by atoms with van der Waals surface area (Å²) in [7, 11) is 0. The lowest BCUT2D eigenvalue weighted by Crippen LogP contribution is -2.39. The maximum absolute atomic E-state index is 13.1. The molecule has 7 heteroatoms. The molecule has 0 unspecified atom stereocenters. The van der Waals surface area contributed by atoms with E-state index >= 15 is 0 Å². The van der Waals surface area contributed by atoms with Crippen LogP contribution in [0.2, 0.25) is 0 Å². The Balaban J connectivity index is 1.46. The smallest absolute Gasteiger partial charge is 0.276 e. The third-order valence-corrected chi connectivity index (χ3v) is 5.22. The molecule has 1 aliphatic heterocycles. The maximum atomic E-state index is 13.1. The molecule has 4 rings (SSSR count). The number of carbonyl (C=O) groups excluding carboxylic acids is 2. The quantitative estimate of drug-likeness (QED) is 0.695. The normalized spacial score (nSPS) is 13.5. The highest BCUT2D eigenvalue weighted by Gasteiger charge is 2.28. The third-order valence-electron chi connectivity index (χ3n) is 5.22. The summed E-state index contributed by atoms with van der Waals surface area (Å²) in [6, 6.07) is 15.3. The van der Waals surface area contributed by atoms with E-state index in [2.05, 4.69) is 24.3 Å². The number of hydrogen-bond acceptors (Lipinski definition) is 3. The second-order valence-corrected chi connectivity index (χ2v) is 7.72. The Morgan fingerprint density at radius 1 is 1.10 bits per heavy atom. The van der Waals surface area contributed by atoms with Crippen LogP contribution in [0.4, 0.5) is 10.1 Å². The highest BCUT2D eigenvalue weighted by Crippen LogP contribution is 2.20. The molecule has 1 aliphatic rings. The molecular weight excluding hydrogens is 383 g/mol. The molecule has 0 bridgehead atoms. The van der Waals surface area contributed by atoms with E-state index in [1.807, 2.05) is 24.3 Å². The molecule has 1 aromatic heterocycles. The zero-order valence-electron chi connectivity index (χ0n) is 16.9. The molecular formula is C23H23FN4O2. The fraction of sp³-hybridized carbons (Fsp3) is 0.261. The fourth-order valence-corrected chi connectivity index (χ4v) is 3.46. The van der Waals surface area contributed by atoms with E-state index in [1.165, 1.54) is 23.8 Å². The van der Waals surface area contributed by atoms with Crippen molar-refractivity contribution >= 4 is 17.5 Å². The molecule has 0 saturated carbocycles. The van der Waals surface area contributed by atoms with Crippen LogP contribution < -0.4 is 5.32 Å². The molecule has 0 saturated heterocycles. The number of fused-ring (bicyclic) bond motifs is 1. The number of amides is 2. The van der Waals surface area contributed by atoms with Gasteiger partial charge in [0.2, 0.25) is 0 Å². The lowest BCUT2D eigenvalue weighted by atomic mass is 10.0. The molecule has 0 spiro atoms. The van der Waals surface area contributed by atoms with Gasteiger partial charge in [-0.05, 0) is 41.3 Å². The molecule has 6 nitrogen and oxygen atoms in total. The van der Waals surface area contributed by atoms with Crippen molar-refractivity contribution in [2.75, 3.05) is 11.9 Å². The molecule has 30 heavy (non-hydrogen) atoms. The van der Waals surface area contributed by atoms with Gasteiger partial charge in [-0.25, -0.2) is 4.39 Å². The molecule has 2 heterocycles. The van der Waals surface area contributed by atoms with Crippen LogP contribution in [0.5, 0.6) is 0 Å². The predicted molar refractivity (Wildman–Crippen MR) is 112 cm³/mol. The molecule has 2 aromatic carbocycles. The Kier molecular flexibility index (Phi) is 5.35. The number of carbonyl (C=O) groups is 2. The zero-order chi connectivity index (χ0) is 21.3. The number of aromatic nitrogens is 2. The van der Waals surface area contributed by atoms with E-state index in [4.69, 9.17) is 0 Å². The van der Waals surface area contributed by atoms with Gasteiger partial charge >= 0.3 is 0 Å². The minimum absolute atomic E-state index is 0.196. The van der Waals surface area contributed by atoms with Crippen molar-refractivity contribution in [3.8, 4) is 0 Å². The number of hydrogen-bond donors (Lipinski definition) is 1. The number of halogens is 1. The van der Waals surface area contributed by atoms with Crippen LogP contribution in [-0.2, 0) is 13.1 Å². The summed E-state index contributed by atoms with van der Waals surface area (Å²) >= 11 is 0. The molecule has 0 fully saturated rings. The highest BCUT2D eigenvalue weighted by molar-refractivity contribution is 6.04. The lowest BCUT2D eigenvalue weighted by molar-refractivity contribution is 0.0683. The van der Waals surface area contributed by atoms with Crippen molar-refractivity contribution in [2.24, 2.45) is 0 Å². The summed E-state index contributed by atoms with van der Waals surface area (Å²) in [5.41, 5.74) is 3.30. The Hall–Kier alpha value is -3.48. The fourth-order valence-electron chi connectivity index (χ4n) is 3.46.